The Bertz CT molecular complexity index is 1210. The van der Waals surface area contributed by atoms with Crippen molar-refractivity contribution in [3.8, 4) is 11.5 Å². The SMILES string of the molecule is COc1ccc(OC)c(/C=C2\SC(=Nc3ccc(F)cc3)N(c3ccc(F)cc3)C2=O)c1. The van der Waals surface area contributed by atoms with Gasteiger partial charge in [0.25, 0.3) is 5.91 Å². The van der Waals surface area contributed by atoms with Crippen molar-refractivity contribution in [3.05, 3.63) is 88.8 Å². The summed E-state index contributed by atoms with van der Waals surface area (Å²) in [7, 11) is 3.09. The Morgan fingerprint density at radius 1 is 0.906 bits per heavy atom. The van der Waals surface area contributed by atoms with E-state index in [2.05, 4.69) is 4.99 Å². The number of anilines is 1. The second-order valence-corrected chi connectivity index (χ2v) is 7.72. The van der Waals surface area contributed by atoms with Crippen LogP contribution in [-0.2, 0) is 4.79 Å². The van der Waals surface area contributed by atoms with Gasteiger partial charge in [-0.25, -0.2) is 13.8 Å². The lowest BCUT2D eigenvalue weighted by Gasteiger charge is -2.15. The number of thioether (sulfide) groups is 1. The van der Waals surface area contributed by atoms with E-state index in [1.165, 1.54) is 53.4 Å². The van der Waals surface area contributed by atoms with Crippen LogP contribution in [0.25, 0.3) is 6.08 Å². The molecule has 0 atom stereocenters. The van der Waals surface area contributed by atoms with Crippen molar-refractivity contribution in [2.75, 3.05) is 19.1 Å². The van der Waals surface area contributed by atoms with Gasteiger partial charge in [-0.15, -0.1) is 0 Å². The predicted octanol–water partition coefficient (Wildman–Crippen LogP) is 5.79. The maximum absolute atomic E-state index is 13.5. The molecule has 3 aromatic rings. The van der Waals surface area contributed by atoms with Gasteiger partial charge in [0.15, 0.2) is 5.17 Å². The van der Waals surface area contributed by atoms with Gasteiger partial charge < -0.3 is 9.47 Å². The number of aliphatic imine (C=N–C) groups is 1. The fourth-order valence-electron chi connectivity index (χ4n) is 3.09. The monoisotopic (exact) mass is 452 g/mol. The third kappa shape index (κ3) is 4.50. The Morgan fingerprint density at radius 3 is 2.19 bits per heavy atom. The number of hydrogen-bond acceptors (Lipinski definition) is 5. The van der Waals surface area contributed by atoms with E-state index in [4.69, 9.17) is 9.47 Å². The van der Waals surface area contributed by atoms with Crippen molar-refractivity contribution in [1.29, 1.82) is 0 Å². The molecule has 162 valence electrons. The topological polar surface area (TPSA) is 51.1 Å². The van der Waals surface area contributed by atoms with E-state index in [0.717, 1.165) is 11.8 Å². The average Bonchev–Trinajstić information content (AvgIpc) is 3.10. The number of benzene rings is 3. The molecule has 0 saturated carbocycles. The van der Waals surface area contributed by atoms with Gasteiger partial charge in [0.1, 0.15) is 23.1 Å². The molecule has 32 heavy (non-hydrogen) atoms. The summed E-state index contributed by atoms with van der Waals surface area (Å²) in [4.78, 5) is 19.6. The van der Waals surface area contributed by atoms with Crippen molar-refractivity contribution in [1.82, 2.24) is 0 Å². The zero-order valence-corrected chi connectivity index (χ0v) is 18.0. The van der Waals surface area contributed by atoms with E-state index in [1.54, 1.807) is 38.5 Å². The molecule has 4 rings (SSSR count). The highest BCUT2D eigenvalue weighted by Crippen LogP contribution is 2.39. The first kappa shape index (κ1) is 21.6. The Labute approximate surface area is 188 Å². The van der Waals surface area contributed by atoms with Gasteiger partial charge in [0, 0.05) is 5.56 Å². The number of ether oxygens (including phenoxy) is 2. The molecule has 1 aliphatic rings. The van der Waals surface area contributed by atoms with Gasteiger partial charge in [0.05, 0.1) is 30.5 Å². The lowest BCUT2D eigenvalue weighted by Crippen LogP contribution is -2.28. The quantitative estimate of drug-likeness (QED) is 0.460. The molecule has 0 aromatic heterocycles. The number of rotatable bonds is 5. The van der Waals surface area contributed by atoms with E-state index in [-0.39, 0.29) is 11.7 Å². The zero-order valence-electron chi connectivity index (χ0n) is 17.2. The number of carbonyl (C=O) groups is 1. The van der Waals surface area contributed by atoms with Crippen LogP contribution in [0.4, 0.5) is 20.2 Å². The number of hydrogen-bond donors (Lipinski definition) is 0. The van der Waals surface area contributed by atoms with Crippen LogP contribution >= 0.6 is 11.8 Å². The van der Waals surface area contributed by atoms with E-state index in [9.17, 15) is 13.6 Å². The van der Waals surface area contributed by atoms with Gasteiger partial charge >= 0.3 is 0 Å². The minimum Gasteiger partial charge on any atom is -0.497 e. The average molecular weight is 452 g/mol. The zero-order chi connectivity index (χ0) is 22.7. The van der Waals surface area contributed by atoms with Crippen molar-refractivity contribution in [2.45, 2.75) is 0 Å². The molecule has 1 saturated heterocycles. The molecule has 1 aliphatic heterocycles. The summed E-state index contributed by atoms with van der Waals surface area (Å²) in [6, 6.07) is 16.4. The first-order valence-corrected chi connectivity index (χ1v) is 10.4. The molecule has 1 amide bonds. The highest BCUT2D eigenvalue weighted by molar-refractivity contribution is 8.19. The number of halogens is 2. The highest BCUT2D eigenvalue weighted by atomic mass is 32.2. The number of carbonyl (C=O) groups excluding carboxylic acids is 1. The molecule has 0 spiro atoms. The van der Waals surface area contributed by atoms with Crippen LogP contribution in [0.1, 0.15) is 5.56 Å². The Kier molecular flexibility index (Phi) is 6.23. The fraction of sp³-hybridized carbons (Fsp3) is 0.0833. The van der Waals surface area contributed by atoms with Crippen molar-refractivity contribution in [2.24, 2.45) is 4.99 Å². The van der Waals surface area contributed by atoms with Crippen molar-refractivity contribution < 1.29 is 23.0 Å². The molecule has 1 fully saturated rings. The minimum absolute atomic E-state index is 0.327. The predicted molar refractivity (Wildman–Crippen MR) is 122 cm³/mol. The van der Waals surface area contributed by atoms with Crippen LogP contribution in [-0.4, -0.2) is 25.3 Å². The van der Waals surface area contributed by atoms with E-state index in [1.807, 2.05) is 0 Å². The van der Waals surface area contributed by atoms with E-state index < -0.39 is 5.82 Å². The number of nitrogens with zero attached hydrogens (tertiary/aromatic N) is 2. The number of methoxy groups -OCH3 is 2. The number of amidine groups is 1. The van der Waals surface area contributed by atoms with Crippen LogP contribution in [0.5, 0.6) is 11.5 Å². The summed E-state index contributed by atoms with van der Waals surface area (Å²) < 4.78 is 37.4. The van der Waals surface area contributed by atoms with Crippen molar-refractivity contribution >= 4 is 40.3 Å². The molecule has 1 heterocycles. The molecule has 0 radical (unpaired) electrons. The molecule has 8 heteroatoms. The molecule has 0 bridgehead atoms. The van der Waals surface area contributed by atoms with Gasteiger partial charge in [-0.2, -0.15) is 0 Å². The van der Waals surface area contributed by atoms with Crippen LogP contribution in [0.3, 0.4) is 0 Å². The van der Waals surface area contributed by atoms with Crippen LogP contribution in [0, 0.1) is 11.6 Å². The Balaban J connectivity index is 1.79. The summed E-state index contributed by atoms with van der Waals surface area (Å²) in [5, 5.41) is 0.362. The molecular weight excluding hydrogens is 434 g/mol. The Morgan fingerprint density at radius 2 is 1.56 bits per heavy atom. The summed E-state index contributed by atoms with van der Waals surface area (Å²) in [5.74, 6) is 0.0622. The van der Waals surface area contributed by atoms with Crippen molar-refractivity contribution in [3.63, 3.8) is 0 Å². The number of amides is 1. The molecule has 5 nitrogen and oxygen atoms in total. The van der Waals surface area contributed by atoms with Crippen LogP contribution in [0.2, 0.25) is 0 Å². The van der Waals surface area contributed by atoms with Crippen LogP contribution < -0.4 is 14.4 Å². The van der Waals surface area contributed by atoms with Gasteiger partial charge in [0.2, 0.25) is 0 Å². The van der Waals surface area contributed by atoms with Gasteiger partial charge in [-0.3, -0.25) is 9.69 Å². The molecule has 0 aliphatic carbocycles. The fourth-order valence-corrected chi connectivity index (χ4v) is 4.08. The summed E-state index contributed by atoms with van der Waals surface area (Å²) >= 11 is 1.16. The van der Waals surface area contributed by atoms with E-state index >= 15 is 0 Å². The molecule has 0 N–H and O–H groups in total. The maximum Gasteiger partial charge on any atom is 0.271 e. The second kappa shape index (κ2) is 9.23. The third-order valence-electron chi connectivity index (χ3n) is 4.67. The minimum atomic E-state index is -0.415. The summed E-state index contributed by atoms with van der Waals surface area (Å²) in [6.07, 6.45) is 1.69. The van der Waals surface area contributed by atoms with Gasteiger partial charge in [-0.1, -0.05) is 0 Å². The highest BCUT2D eigenvalue weighted by Gasteiger charge is 2.35. The second-order valence-electron chi connectivity index (χ2n) is 6.71. The maximum atomic E-state index is 13.5. The molecule has 0 unspecified atom stereocenters. The largest absolute Gasteiger partial charge is 0.497 e. The molecule has 3 aromatic carbocycles. The summed E-state index contributed by atoms with van der Waals surface area (Å²) in [5.41, 5.74) is 1.60. The third-order valence-corrected chi connectivity index (χ3v) is 5.63. The van der Waals surface area contributed by atoms with Crippen LogP contribution in [0.15, 0.2) is 76.6 Å². The van der Waals surface area contributed by atoms with E-state index in [0.29, 0.717) is 38.5 Å². The Hall–Kier alpha value is -3.65. The summed E-state index contributed by atoms with van der Waals surface area (Å²) in [6.45, 7) is 0. The first-order valence-electron chi connectivity index (χ1n) is 9.54. The molecular formula is C24H18F2N2O3S. The van der Waals surface area contributed by atoms with Gasteiger partial charge in [-0.05, 0) is 84.6 Å². The lowest BCUT2D eigenvalue weighted by molar-refractivity contribution is -0.113. The standard InChI is InChI=1S/C24H18F2N2O3S/c1-30-20-11-12-21(31-2)15(13-20)14-22-23(29)28(19-9-5-17(26)6-10-19)24(32-22)27-18-7-3-16(25)4-8-18/h3-14H,1-2H3/b22-14-,27-24?. The first-order chi connectivity index (χ1) is 15.5. The lowest BCUT2D eigenvalue weighted by atomic mass is 10.1. The normalized spacial score (nSPS) is 16.1. The smallest absolute Gasteiger partial charge is 0.271 e.